The molecule has 0 nitrogen and oxygen atoms in total. The molecule has 0 saturated carbocycles. The Balaban J connectivity index is 0.000000200. The molecule has 20 heavy (non-hydrogen) atoms. The van der Waals surface area contributed by atoms with Crippen molar-refractivity contribution in [3.8, 4) is 0 Å². The number of hydrogen-bond acceptors (Lipinski definition) is 0. The van der Waals surface area contributed by atoms with Crippen molar-refractivity contribution in [2.75, 3.05) is 0 Å². The van der Waals surface area contributed by atoms with E-state index in [0.29, 0.717) is 0 Å². The highest BCUT2D eigenvalue weighted by Gasteiger charge is 2.12. The van der Waals surface area contributed by atoms with Crippen molar-refractivity contribution in [3.05, 3.63) is 47.6 Å². The highest BCUT2D eigenvalue weighted by atomic mass is 14.2. The second-order valence-electron chi connectivity index (χ2n) is 6.82. The molecule has 0 aromatic heterocycles. The minimum absolute atomic E-state index is 0.767. The van der Waals surface area contributed by atoms with Gasteiger partial charge >= 0.3 is 0 Å². The van der Waals surface area contributed by atoms with Crippen molar-refractivity contribution in [2.24, 2.45) is 17.8 Å². The molecule has 0 aromatic rings. The molecule has 2 aliphatic rings. The van der Waals surface area contributed by atoms with Gasteiger partial charge in [-0.1, -0.05) is 61.4 Å². The standard InChI is InChI=1S/2C10H16/c2*1-8(2)10-6-4-9(3)5-7-10/h4-6,8,10H,7H2,1-3H3;4,10H,1,5-7H2,2-3H3. The molecule has 0 heterocycles. The van der Waals surface area contributed by atoms with Crippen LogP contribution in [0.2, 0.25) is 0 Å². The molecule has 2 rings (SSSR count). The maximum Gasteiger partial charge on any atom is -0.0171 e. The summed E-state index contributed by atoms with van der Waals surface area (Å²) in [4.78, 5) is 0. The average molecular weight is 272 g/mol. The van der Waals surface area contributed by atoms with Crippen LogP contribution >= 0.6 is 0 Å². The second kappa shape index (κ2) is 8.29. The first-order valence-corrected chi connectivity index (χ1v) is 8.06. The summed E-state index contributed by atoms with van der Waals surface area (Å²) >= 11 is 0. The Morgan fingerprint density at radius 2 is 1.90 bits per heavy atom. The van der Waals surface area contributed by atoms with Crippen LogP contribution in [0.5, 0.6) is 0 Å². The molecule has 2 unspecified atom stereocenters. The Labute approximate surface area is 126 Å². The van der Waals surface area contributed by atoms with Gasteiger partial charge in [-0.05, 0) is 64.2 Å². The van der Waals surface area contributed by atoms with Gasteiger partial charge in [-0.25, -0.2) is 0 Å². The summed E-state index contributed by atoms with van der Waals surface area (Å²) in [5.74, 6) is 2.34. The molecule has 0 amide bonds. The molecule has 0 aliphatic heterocycles. The summed E-state index contributed by atoms with van der Waals surface area (Å²) in [5.41, 5.74) is 4.32. The molecule has 0 saturated heterocycles. The molecule has 0 radical (unpaired) electrons. The van der Waals surface area contributed by atoms with Gasteiger partial charge in [-0.15, -0.1) is 0 Å². The Hall–Kier alpha value is -1.04. The lowest BCUT2D eigenvalue weighted by atomic mass is 9.86. The maximum atomic E-state index is 3.97. The third-order valence-electron chi connectivity index (χ3n) is 4.51. The van der Waals surface area contributed by atoms with Crippen LogP contribution in [0.25, 0.3) is 0 Å². The Kier molecular flexibility index (Phi) is 7.05. The van der Waals surface area contributed by atoms with Crippen LogP contribution in [0.3, 0.4) is 0 Å². The van der Waals surface area contributed by atoms with Gasteiger partial charge in [0.1, 0.15) is 0 Å². The molecular formula is C20H32. The highest BCUT2D eigenvalue weighted by Crippen LogP contribution is 2.27. The van der Waals surface area contributed by atoms with E-state index in [1.807, 2.05) is 0 Å². The first-order valence-electron chi connectivity index (χ1n) is 8.06. The maximum absolute atomic E-state index is 3.97. The summed E-state index contributed by atoms with van der Waals surface area (Å²) in [5, 5.41) is 0. The molecule has 0 heteroatoms. The Morgan fingerprint density at radius 1 is 1.20 bits per heavy atom. The SMILES string of the molecule is C=C(C)C1CC=C(C)CC1.CC1=CCC(C(C)C)C=C1. The van der Waals surface area contributed by atoms with Crippen LogP contribution in [0.1, 0.15) is 60.3 Å². The molecular weight excluding hydrogens is 240 g/mol. The van der Waals surface area contributed by atoms with Crippen LogP contribution in [-0.2, 0) is 0 Å². The Bertz CT molecular complexity index is 404. The molecule has 2 aliphatic carbocycles. The summed E-state index contributed by atoms with van der Waals surface area (Å²) < 4.78 is 0. The third kappa shape index (κ3) is 5.94. The van der Waals surface area contributed by atoms with Gasteiger partial charge in [0.15, 0.2) is 0 Å². The summed E-state index contributed by atoms with van der Waals surface area (Å²) in [7, 11) is 0. The minimum Gasteiger partial charge on any atom is -0.0998 e. The van der Waals surface area contributed by atoms with Crippen LogP contribution in [-0.4, -0.2) is 0 Å². The first-order chi connectivity index (χ1) is 9.40. The van der Waals surface area contributed by atoms with Crippen LogP contribution in [0, 0.1) is 17.8 Å². The molecule has 0 bridgehead atoms. The summed E-state index contributed by atoms with van der Waals surface area (Å²) in [6, 6.07) is 0. The number of allylic oxidation sites excluding steroid dienone is 7. The van der Waals surface area contributed by atoms with Gasteiger partial charge in [0.05, 0.1) is 0 Å². The third-order valence-corrected chi connectivity index (χ3v) is 4.51. The van der Waals surface area contributed by atoms with E-state index in [1.54, 1.807) is 5.57 Å². The molecule has 112 valence electrons. The van der Waals surface area contributed by atoms with Crippen molar-refractivity contribution in [2.45, 2.75) is 60.3 Å². The van der Waals surface area contributed by atoms with E-state index in [4.69, 9.17) is 0 Å². The molecule has 0 N–H and O–H groups in total. The van der Waals surface area contributed by atoms with E-state index in [9.17, 15) is 0 Å². The van der Waals surface area contributed by atoms with Crippen molar-refractivity contribution in [3.63, 3.8) is 0 Å². The zero-order chi connectivity index (χ0) is 15.1. The van der Waals surface area contributed by atoms with Crippen LogP contribution in [0.15, 0.2) is 47.6 Å². The lowest BCUT2D eigenvalue weighted by Gasteiger charge is -2.19. The van der Waals surface area contributed by atoms with Crippen LogP contribution in [0.4, 0.5) is 0 Å². The highest BCUT2D eigenvalue weighted by molar-refractivity contribution is 5.21. The van der Waals surface area contributed by atoms with Crippen molar-refractivity contribution in [1.82, 2.24) is 0 Å². The topological polar surface area (TPSA) is 0 Å². The monoisotopic (exact) mass is 272 g/mol. The predicted octanol–water partition coefficient (Wildman–Crippen LogP) is 6.47. The van der Waals surface area contributed by atoms with E-state index in [0.717, 1.165) is 17.8 Å². The largest absolute Gasteiger partial charge is 0.0998 e. The quantitative estimate of drug-likeness (QED) is 0.505. The fourth-order valence-electron chi connectivity index (χ4n) is 2.65. The van der Waals surface area contributed by atoms with E-state index in [-0.39, 0.29) is 0 Å². The van der Waals surface area contributed by atoms with Gasteiger partial charge in [0, 0.05) is 0 Å². The first kappa shape index (κ1) is 17.0. The van der Waals surface area contributed by atoms with Gasteiger partial charge in [0.25, 0.3) is 0 Å². The molecule has 0 spiro atoms. The fraction of sp³-hybridized carbons (Fsp3) is 0.600. The second-order valence-corrected chi connectivity index (χ2v) is 6.82. The molecule has 0 fully saturated rings. The molecule has 2 atom stereocenters. The zero-order valence-electron chi connectivity index (χ0n) is 14.1. The van der Waals surface area contributed by atoms with Gasteiger partial charge in [-0.3, -0.25) is 0 Å². The van der Waals surface area contributed by atoms with Crippen molar-refractivity contribution in [1.29, 1.82) is 0 Å². The van der Waals surface area contributed by atoms with Crippen molar-refractivity contribution < 1.29 is 0 Å². The van der Waals surface area contributed by atoms with E-state index >= 15 is 0 Å². The minimum atomic E-state index is 0.767. The zero-order valence-corrected chi connectivity index (χ0v) is 14.1. The van der Waals surface area contributed by atoms with Gasteiger partial charge in [0.2, 0.25) is 0 Å². The fourth-order valence-corrected chi connectivity index (χ4v) is 2.65. The van der Waals surface area contributed by atoms with E-state index in [2.05, 4.69) is 65.5 Å². The molecule has 0 aromatic carbocycles. The average Bonchev–Trinajstić information content (AvgIpc) is 2.40. The van der Waals surface area contributed by atoms with Crippen LogP contribution < -0.4 is 0 Å². The van der Waals surface area contributed by atoms with E-state index in [1.165, 1.54) is 36.8 Å². The summed E-state index contributed by atoms with van der Waals surface area (Å²) in [6.07, 6.45) is 14.3. The van der Waals surface area contributed by atoms with Crippen molar-refractivity contribution >= 4 is 0 Å². The smallest absolute Gasteiger partial charge is 0.0171 e. The van der Waals surface area contributed by atoms with E-state index < -0.39 is 0 Å². The van der Waals surface area contributed by atoms with Gasteiger partial charge in [-0.2, -0.15) is 0 Å². The summed E-state index contributed by atoms with van der Waals surface area (Å²) in [6.45, 7) is 15.1. The number of hydrogen-bond donors (Lipinski definition) is 0. The lowest BCUT2D eigenvalue weighted by molar-refractivity contribution is 0.466. The Morgan fingerprint density at radius 3 is 2.30 bits per heavy atom. The lowest BCUT2D eigenvalue weighted by Crippen LogP contribution is -2.06. The normalized spacial score (nSPS) is 25.5. The predicted molar refractivity (Wildman–Crippen MR) is 91.8 cm³/mol. The van der Waals surface area contributed by atoms with Gasteiger partial charge < -0.3 is 0 Å². The number of rotatable bonds is 2.